The lowest BCUT2D eigenvalue weighted by atomic mass is 9.86. The van der Waals surface area contributed by atoms with E-state index in [4.69, 9.17) is 9.97 Å². The van der Waals surface area contributed by atoms with Crippen molar-refractivity contribution in [2.45, 2.75) is 12.0 Å². The van der Waals surface area contributed by atoms with Crippen LogP contribution in [-0.2, 0) is 0 Å². The quantitative estimate of drug-likeness (QED) is 0.101. The van der Waals surface area contributed by atoms with E-state index in [1.165, 1.54) is 48.8 Å². The zero-order valence-corrected chi connectivity index (χ0v) is 44.3. The van der Waals surface area contributed by atoms with Gasteiger partial charge in [0.15, 0.2) is 8.07 Å². The molecule has 5 heteroatoms. The summed E-state index contributed by atoms with van der Waals surface area (Å²) in [5.41, 5.74) is 15.7. The fraction of sp³-hybridized carbons (Fsp3) is 0.0270. The molecule has 1 aliphatic heterocycles. The van der Waals surface area contributed by atoms with Gasteiger partial charge in [0.2, 0.25) is 5.95 Å². The average molecular weight is 1030 g/mol. The van der Waals surface area contributed by atoms with Crippen LogP contribution in [0, 0.1) is 0 Å². The van der Waals surface area contributed by atoms with E-state index in [0.717, 1.165) is 66.2 Å². The van der Waals surface area contributed by atoms with Gasteiger partial charge in [-0.3, -0.25) is 4.57 Å². The molecule has 11 aromatic carbocycles. The van der Waals surface area contributed by atoms with Gasteiger partial charge in [-0.1, -0.05) is 243 Å². The Hall–Kier alpha value is -9.94. The van der Waals surface area contributed by atoms with Crippen molar-refractivity contribution in [2.24, 2.45) is 0 Å². The van der Waals surface area contributed by atoms with Crippen LogP contribution in [0.25, 0.3) is 77.7 Å². The monoisotopic (exact) mass is 1020 g/mol. The lowest BCUT2D eigenvalue weighted by Gasteiger charge is -2.34. The molecular weight excluding hydrogens is 973 g/mol. The zero-order valence-electron chi connectivity index (χ0n) is 43.3. The molecule has 372 valence electrons. The molecule has 1 aliphatic carbocycles. The molecule has 0 N–H and O–H groups in total. The van der Waals surface area contributed by atoms with Crippen molar-refractivity contribution in [1.82, 2.24) is 14.5 Å². The fourth-order valence-corrected chi connectivity index (χ4v) is 17.7. The molecule has 2 aliphatic rings. The predicted molar refractivity (Wildman–Crippen MR) is 332 cm³/mol. The van der Waals surface area contributed by atoms with Crippen LogP contribution in [0.2, 0.25) is 0 Å². The highest BCUT2D eigenvalue weighted by atomic mass is 28.3. The number of hydrogen-bond donors (Lipinski definition) is 0. The molecular formula is C74H52N4Si. The molecule has 0 radical (unpaired) electrons. The van der Waals surface area contributed by atoms with Crippen LogP contribution in [0.4, 0.5) is 11.4 Å². The van der Waals surface area contributed by atoms with Crippen molar-refractivity contribution in [3.8, 4) is 39.5 Å². The number of hydrogen-bond acceptors (Lipinski definition) is 3. The van der Waals surface area contributed by atoms with Gasteiger partial charge >= 0.3 is 0 Å². The smallest absolute Gasteiger partial charge is 0.235 e. The van der Waals surface area contributed by atoms with Crippen molar-refractivity contribution < 1.29 is 0 Å². The van der Waals surface area contributed by atoms with Crippen LogP contribution in [0.5, 0.6) is 0 Å². The van der Waals surface area contributed by atoms with E-state index in [2.05, 4.69) is 313 Å². The summed E-state index contributed by atoms with van der Waals surface area (Å²) in [7, 11) is -2.82. The summed E-state index contributed by atoms with van der Waals surface area (Å²) in [5, 5.41) is 8.67. The maximum atomic E-state index is 5.69. The highest BCUT2D eigenvalue weighted by Gasteiger charge is 2.42. The largest absolute Gasteiger partial charge is 0.333 e. The van der Waals surface area contributed by atoms with Gasteiger partial charge in [-0.15, -0.1) is 0 Å². The number of benzene rings is 11. The van der Waals surface area contributed by atoms with Gasteiger partial charge in [0.1, 0.15) is 0 Å². The Kier molecular flexibility index (Phi) is 11.3. The molecule has 2 unspecified atom stereocenters. The minimum absolute atomic E-state index is 0.197. The number of rotatable bonds is 10. The minimum atomic E-state index is -2.82. The van der Waals surface area contributed by atoms with E-state index in [1.807, 2.05) is 0 Å². The van der Waals surface area contributed by atoms with Crippen LogP contribution in [0.1, 0.15) is 17.0 Å². The highest BCUT2D eigenvalue weighted by molar-refractivity contribution is 7.19. The first-order valence-electron chi connectivity index (χ1n) is 27.3. The molecule has 0 saturated heterocycles. The molecule has 0 saturated carbocycles. The topological polar surface area (TPSA) is 34.0 Å². The minimum Gasteiger partial charge on any atom is -0.333 e. The second kappa shape index (κ2) is 19.3. The summed E-state index contributed by atoms with van der Waals surface area (Å²) in [4.78, 5) is 13.6. The lowest BCUT2D eigenvalue weighted by Crippen LogP contribution is -2.74. The van der Waals surface area contributed by atoms with Gasteiger partial charge in [-0.05, 0) is 120 Å². The second-order valence-electron chi connectivity index (χ2n) is 20.8. The number of aromatic nitrogens is 3. The van der Waals surface area contributed by atoms with Gasteiger partial charge in [-0.25, -0.2) is 9.97 Å². The molecule has 0 amide bonds. The first-order valence-corrected chi connectivity index (χ1v) is 29.3. The summed E-state index contributed by atoms with van der Waals surface area (Å²) in [6.45, 7) is 0. The summed E-state index contributed by atoms with van der Waals surface area (Å²) >= 11 is 0. The number of fused-ring (bicyclic) bond motifs is 7. The Morgan fingerprint density at radius 3 is 1.65 bits per heavy atom. The lowest BCUT2D eigenvalue weighted by molar-refractivity contribution is 0.747. The highest BCUT2D eigenvalue weighted by Crippen LogP contribution is 2.49. The molecule has 0 fully saturated rings. The van der Waals surface area contributed by atoms with E-state index in [9.17, 15) is 0 Å². The van der Waals surface area contributed by atoms with E-state index in [0.29, 0.717) is 5.95 Å². The van der Waals surface area contributed by atoms with Crippen LogP contribution in [0.3, 0.4) is 0 Å². The van der Waals surface area contributed by atoms with Gasteiger partial charge in [0, 0.05) is 39.0 Å². The molecule has 2 atom stereocenters. The van der Waals surface area contributed by atoms with Gasteiger partial charge in [0.25, 0.3) is 0 Å². The van der Waals surface area contributed by atoms with Crippen LogP contribution in [0.15, 0.2) is 303 Å². The second-order valence-corrected chi connectivity index (χ2v) is 24.6. The number of anilines is 2. The van der Waals surface area contributed by atoms with Crippen molar-refractivity contribution in [3.05, 3.63) is 314 Å². The number of allylic oxidation sites excluding steroid dienone is 2. The molecule has 15 rings (SSSR count). The van der Waals surface area contributed by atoms with Crippen molar-refractivity contribution in [3.63, 3.8) is 0 Å². The van der Waals surface area contributed by atoms with Gasteiger partial charge in [0.05, 0.1) is 28.3 Å². The zero-order chi connectivity index (χ0) is 52.3. The molecule has 4 nitrogen and oxygen atoms in total. The third-order valence-electron chi connectivity index (χ3n) is 16.4. The molecule has 79 heavy (non-hydrogen) atoms. The third-order valence-corrected chi connectivity index (χ3v) is 21.2. The normalized spacial score (nSPS) is 14.8. The first kappa shape index (κ1) is 46.4. The third kappa shape index (κ3) is 7.81. The average Bonchev–Trinajstić information content (AvgIpc) is 4.13. The molecule has 2 aromatic heterocycles. The van der Waals surface area contributed by atoms with E-state index in [1.54, 1.807) is 0 Å². The Balaban J connectivity index is 0.884. The molecule has 13 aromatic rings. The maximum Gasteiger partial charge on any atom is 0.235 e. The predicted octanol–water partition coefficient (Wildman–Crippen LogP) is 15.4. The van der Waals surface area contributed by atoms with Gasteiger partial charge < -0.3 is 4.90 Å². The van der Waals surface area contributed by atoms with E-state index in [-0.39, 0.29) is 12.0 Å². The van der Waals surface area contributed by atoms with Gasteiger partial charge in [-0.2, -0.15) is 0 Å². The molecule has 3 heterocycles. The Morgan fingerprint density at radius 2 is 0.924 bits per heavy atom. The molecule has 0 spiro atoms. The van der Waals surface area contributed by atoms with Crippen LogP contribution < -0.4 is 25.6 Å². The summed E-state index contributed by atoms with van der Waals surface area (Å²) in [6, 6.07) is 105. The van der Waals surface area contributed by atoms with E-state index >= 15 is 0 Å². The Bertz CT molecular complexity index is 4400. The SMILES string of the molecule is C1=CC2C(C=C1c1ccc3c(c1)c1ccccc1n3-c1nc(-c3cc(-c4ccccc4)cc(-c4cccc([Si](c5ccccc5)(c5ccccc5)c5ccccc5)c4)c3)c3ccccc3n1)c1ccccc1N2c1ccccc1. The van der Waals surface area contributed by atoms with Crippen LogP contribution in [-0.4, -0.2) is 28.7 Å². The first-order chi connectivity index (χ1) is 39.2. The maximum absolute atomic E-state index is 5.69. The summed E-state index contributed by atoms with van der Waals surface area (Å²) in [6.07, 6.45) is 7.20. The summed E-state index contributed by atoms with van der Waals surface area (Å²) in [5.74, 6) is 0.852. The number of para-hydroxylation sites is 4. The molecule has 0 bridgehead atoms. The Morgan fingerprint density at radius 1 is 0.367 bits per heavy atom. The van der Waals surface area contributed by atoms with Crippen molar-refractivity contribution >= 4 is 78.5 Å². The number of nitrogens with zero attached hydrogens (tertiary/aromatic N) is 4. The van der Waals surface area contributed by atoms with Crippen LogP contribution >= 0.6 is 0 Å². The standard InChI is InChI=1S/C74H52N4Si/c1-6-23-51(24-7-1)55-45-56(52-25-22-34-62(48-52)79(59-28-10-3-11-29-59,60-30-12-4-13-31-60)61-32-14-5-15-33-61)47-57(46-55)73-65-37-16-19-38-68(65)75-74(76-73)78-70-40-21-18-36-64(70)67-50-54(42-44-72(67)78)53-41-43-71-66(49-53)63-35-17-20-39-69(63)77(71)58-26-8-2-9-27-58/h1-50,66,71H. The fourth-order valence-electron chi connectivity index (χ4n) is 12.9. The Labute approximate surface area is 461 Å². The van der Waals surface area contributed by atoms with Crippen molar-refractivity contribution in [2.75, 3.05) is 4.90 Å². The summed E-state index contributed by atoms with van der Waals surface area (Å²) < 4.78 is 2.27. The van der Waals surface area contributed by atoms with Crippen molar-refractivity contribution in [1.29, 1.82) is 0 Å². The van der Waals surface area contributed by atoms with E-state index < -0.39 is 8.07 Å².